The van der Waals surface area contributed by atoms with Crippen LogP contribution >= 0.6 is 0 Å². The smallest absolute Gasteiger partial charge is 0.0651 e. The van der Waals surface area contributed by atoms with Crippen molar-refractivity contribution < 1.29 is 0 Å². The monoisotopic (exact) mass is 189 g/mol. The first-order valence-electron chi connectivity index (χ1n) is 5.07. The van der Waals surface area contributed by atoms with Gasteiger partial charge in [-0.05, 0) is 24.6 Å². The Morgan fingerprint density at radius 3 is 3.21 bits per heavy atom. The van der Waals surface area contributed by atoms with Crippen LogP contribution in [0.3, 0.4) is 0 Å². The van der Waals surface area contributed by atoms with Gasteiger partial charge in [0.15, 0.2) is 0 Å². The molecule has 74 valence electrons. The molecule has 2 N–H and O–H groups in total. The number of rotatable bonds is 4. The molecule has 0 aliphatic carbocycles. The summed E-state index contributed by atoms with van der Waals surface area (Å²) in [5.41, 5.74) is 2.26. The fourth-order valence-corrected chi connectivity index (χ4v) is 1.46. The highest BCUT2D eigenvalue weighted by Crippen LogP contribution is 2.16. The molecule has 0 fully saturated rings. The quantitative estimate of drug-likeness (QED) is 0.726. The van der Waals surface area contributed by atoms with Crippen molar-refractivity contribution in [2.24, 2.45) is 0 Å². The van der Waals surface area contributed by atoms with Gasteiger partial charge >= 0.3 is 0 Å². The molecule has 2 rings (SSSR count). The molecule has 2 aromatic rings. The molecular weight excluding hydrogens is 174 g/mol. The van der Waals surface area contributed by atoms with E-state index in [9.17, 15) is 0 Å². The molecule has 3 heteroatoms. The molecule has 0 aliphatic heterocycles. The normalized spacial score (nSPS) is 10.6. The molecule has 0 atom stereocenters. The molecule has 0 saturated heterocycles. The summed E-state index contributed by atoms with van der Waals surface area (Å²) in [5, 5.41) is 11.5. The summed E-state index contributed by atoms with van der Waals surface area (Å²) in [6.07, 6.45) is 4.28. The Morgan fingerprint density at radius 1 is 1.43 bits per heavy atom. The summed E-state index contributed by atoms with van der Waals surface area (Å²) in [6.45, 7) is 3.24. The Bertz CT molecular complexity index is 406. The average molecular weight is 189 g/mol. The van der Waals surface area contributed by atoms with Crippen molar-refractivity contribution in [3.05, 3.63) is 24.4 Å². The third-order valence-corrected chi connectivity index (χ3v) is 2.30. The van der Waals surface area contributed by atoms with Gasteiger partial charge < -0.3 is 5.32 Å². The first kappa shape index (κ1) is 9.06. The van der Waals surface area contributed by atoms with Crippen molar-refractivity contribution in [2.75, 3.05) is 11.9 Å². The van der Waals surface area contributed by atoms with Crippen molar-refractivity contribution in [1.82, 2.24) is 10.2 Å². The maximum absolute atomic E-state index is 3.99. The number of benzene rings is 1. The molecule has 3 nitrogen and oxygen atoms in total. The minimum atomic E-state index is 1.04. The van der Waals surface area contributed by atoms with Crippen LogP contribution in [-0.4, -0.2) is 16.7 Å². The molecule has 1 heterocycles. The zero-order chi connectivity index (χ0) is 9.80. The van der Waals surface area contributed by atoms with Crippen molar-refractivity contribution in [2.45, 2.75) is 19.8 Å². The highest BCUT2D eigenvalue weighted by molar-refractivity contribution is 5.81. The van der Waals surface area contributed by atoms with E-state index in [4.69, 9.17) is 0 Å². The summed E-state index contributed by atoms with van der Waals surface area (Å²) in [4.78, 5) is 0. The summed E-state index contributed by atoms with van der Waals surface area (Å²) in [7, 11) is 0. The Hall–Kier alpha value is -1.51. The molecule has 1 aromatic carbocycles. The van der Waals surface area contributed by atoms with Gasteiger partial charge in [-0.2, -0.15) is 5.10 Å². The van der Waals surface area contributed by atoms with Crippen LogP contribution in [0.15, 0.2) is 24.4 Å². The van der Waals surface area contributed by atoms with Gasteiger partial charge in [0.05, 0.1) is 11.7 Å². The van der Waals surface area contributed by atoms with Crippen LogP contribution in [0.4, 0.5) is 5.69 Å². The van der Waals surface area contributed by atoms with Crippen molar-refractivity contribution in [3.63, 3.8) is 0 Å². The number of fused-ring (bicyclic) bond motifs is 1. The van der Waals surface area contributed by atoms with Crippen molar-refractivity contribution in [1.29, 1.82) is 0 Å². The van der Waals surface area contributed by atoms with E-state index in [-0.39, 0.29) is 0 Å². The number of aromatic amines is 1. The number of nitrogens with one attached hydrogen (secondary N) is 2. The van der Waals surface area contributed by atoms with Gasteiger partial charge in [-0.25, -0.2) is 0 Å². The molecule has 0 saturated carbocycles. The molecule has 0 unspecified atom stereocenters. The first-order valence-corrected chi connectivity index (χ1v) is 5.07. The molecule has 0 radical (unpaired) electrons. The minimum absolute atomic E-state index is 1.04. The number of anilines is 1. The number of H-pyrrole nitrogens is 1. The lowest BCUT2D eigenvalue weighted by Gasteiger charge is -2.04. The Labute approximate surface area is 83.5 Å². The summed E-state index contributed by atoms with van der Waals surface area (Å²) in [6, 6.07) is 6.25. The zero-order valence-corrected chi connectivity index (χ0v) is 8.38. The minimum Gasteiger partial charge on any atom is -0.385 e. The van der Waals surface area contributed by atoms with Crippen LogP contribution in [0.25, 0.3) is 10.9 Å². The van der Waals surface area contributed by atoms with E-state index in [0.29, 0.717) is 0 Å². The third kappa shape index (κ3) is 1.87. The second-order valence-corrected chi connectivity index (χ2v) is 3.45. The van der Waals surface area contributed by atoms with Gasteiger partial charge in [0.2, 0.25) is 0 Å². The number of nitrogens with zero attached hydrogens (tertiary/aromatic N) is 1. The predicted molar refractivity (Wildman–Crippen MR) is 59.5 cm³/mol. The van der Waals surface area contributed by atoms with Crippen LogP contribution < -0.4 is 5.32 Å². The van der Waals surface area contributed by atoms with Crippen LogP contribution in [0.1, 0.15) is 19.8 Å². The maximum atomic E-state index is 3.99. The van der Waals surface area contributed by atoms with E-state index in [1.165, 1.54) is 18.5 Å². The summed E-state index contributed by atoms with van der Waals surface area (Å²) >= 11 is 0. The van der Waals surface area contributed by atoms with Gasteiger partial charge in [-0.3, -0.25) is 5.10 Å². The predicted octanol–water partition coefficient (Wildman–Crippen LogP) is 2.77. The van der Waals surface area contributed by atoms with E-state index in [1.807, 2.05) is 6.20 Å². The number of unbranched alkanes of at least 4 members (excludes halogenated alkanes) is 1. The summed E-state index contributed by atoms with van der Waals surface area (Å²) in [5.74, 6) is 0. The lowest BCUT2D eigenvalue weighted by atomic mass is 10.2. The number of hydrogen-bond acceptors (Lipinski definition) is 2. The fraction of sp³-hybridized carbons (Fsp3) is 0.364. The van der Waals surface area contributed by atoms with Gasteiger partial charge in [0.25, 0.3) is 0 Å². The van der Waals surface area contributed by atoms with E-state index < -0.39 is 0 Å². The van der Waals surface area contributed by atoms with Gasteiger partial charge in [0.1, 0.15) is 0 Å². The van der Waals surface area contributed by atoms with Crippen molar-refractivity contribution in [3.8, 4) is 0 Å². The topological polar surface area (TPSA) is 40.7 Å². The lowest BCUT2D eigenvalue weighted by molar-refractivity contribution is 0.834. The average Bonchev–Trinajstić information content (AvgIpc) is 2.65. The van der Waals surface area contributed by atoms with Crippen LogP contribution in [0, 0.1) is 0 Å². The molecular formula is C11H15N3. The molecule has 1 aromatic heterocycles. The van der Waals surface area contributed by atoms with Gasteiger partial charge in [-0.1, -0.05) is 13.3 Å². The Morgan fingerprint density at radius 2 is 2.36 bits per heavy atom. The number of hydrogen-bond donors (Lipinski definition) is 2. The van der Waals surface area contributed by atoms with Crippen LogP contribution in [-0.2, 0) is 0 Å². The second kappa shape index (κ2) is 4.13. The molecule has 0 spiro atoms. The first-order chi connectivity index (χ1) is 6.90. The largest absolute Gasteiger partial charge is 0.385 e. The molecule has 0 bridgehead atoms. The highest BCUT2D eigenvalue weighted by Gasteiger charge is 1.96. The molecule has 14 heavy (non-hydrogen) atoms. The van der Waals surface area contributed by atoms with Crippen molar-refractivity contribution >= 4 is 16.6 Å². The van der Waals surface area contributed by atoms with Crippen LogP contribution in [0.5, 0.6) is 0 Å². The Kier molecular flexibility index (Phi) is 2.68. The summed E-state index contributed by atoms with van der Waals surface area (Å²) < 4.78 is 0. The molecule has 0 aliphatic rings. The fourth-order valence-electron chi connectivity index (χ4n) is 1.46. The van der Waals surface area contributed by atoms with Crippen LogP contribution in [0.2, 0.25) is 0 Å². The van der Waals surface area contributed by atoms with E-state index in [2.05, 4.69) is 40.6 Å². The SMILES string of the molecule is CCCCNc1ccc2[nH]ncc2c1. The standard InChI is InChI=1S/C11H15N3/c1-2-3-6-12-10-4-5-11-9(7-10)8-13-14-11/h4-5,7-8,12H,2-3,6H2,1H3,(H,13,14). The van der Waals surface area contributed by atoms with E-state index in [0.717, 1.165) is 17.4 Å². The highest BCUT2D eigenvalue weighted by atomic mass is 15.1. The van der Waals surface area contributed by atoms with Gasteiger partial charge in [0, 0.05) is 17.6 Å². The molecule has 0 amide bonds. The van der Waals surface area contributed by atoms with E-state index in [1.54, 1.807) is 0 Å². The number of aromatic nitrogens is 2. The Balaban J connectivity index is 2.10. The second-order valence-electron chi connectivity index (χ2n) is 3.45. The third-order valence-electron chi connectivity index (χ3n) is 2.30. The van der Waals surface area contributed by atoms with Gasteiger partial charge in [-0.15, -0.1) is 0 Å². The van der Waals surface area contributed by atoms with E-state index >= 15 is 0 Å². The maximum Gasteiger partial charge on any atom is 0.0651 e. The zero-order valence-electron chi connectivity index (χ0n) is 8.38. The lowest BCUT2D eigenvalue weighted by Crippen LogP contribution is -2.00.